The van der Waals surface area contributed by atoms with Gasteiger partial charge in [0.25, 0.3) is 0 Å². The number of hydrogen-bond acceptors (Lipinski definition) is 1. The van der Waals surface area contributed by atoms with Crippen molar-refractivity contribution >= 4 is 0 Å². The topological polar surface area (TPSA) is 20.2 Å². The number of aromatic hydroxyl groups is 1. The fourth-order valence-corrected chi connectivity index (χ4v) is 6.83. The molecule has 0 saturated heterocycles. The number of hydrogen-bond donors (Lipinski definition) is 1. The lowest BCUT2D eigenvalue weighted by Crippen LogP contribution is -2.43. The van der Waals surface area contributed by atoms with Gasteiger partial charge in [-0.05, 0) is 96.8 Å². The van der Waals surface area contributed by atoms with Crippen LogP contribution in [0.25, 0.3) is 0 Å². The maximum Gasteiger partial charge on any atom is 0.115 e. The van der Waals surface area contributed by atoms with Gasteiger partial charge in [0.15, 0.2) is 0 Å². The van der Waals surface area contributed by atoms with E-state index in [1.807, 2.05) is 12.1 Å². The highest BCUT2D eigenvalue weighted by molar-refractivity contribution is 5.40. The van der Waals surface area contributed by atoms with Crippen molar-refractivity contribution in [1.82, 2.24) is 0 Å². The first-order valence-corrected chi connectivity index (χ1v) is 9.86. The molecular weight excluding hydrogens is 280 g/mol. The number of fused-ring (bicyclic) bond motifs is 5. The molecule has 0 aromatic heterocycles. The van der Waals surface area contributed by atoms with Gasteiger partial charge in [-0.1, -0.05) is 33.3 Å². The Morgan fingerprint density at radius 1 is 1.22 bits per heavy atom. The average molecular weight is 312 g/mol. The van der Waals surface area contributed by atoms with E-state index in [-0.39, 0.29) is 0 Å². The smallest absolute Gasteiger partial charge is 0.115 e. The second kappa shape index (κ2) is 5.53. The van der Waals surface area contributed by atoms with E-state index >= 15 is 0 Å². The van der Waals surface area contributed by atoms with Crippen LogP contribution in [0.4, 0.5) is 0 Å². The fraction of sp³-hybridized carbons (Fsp3) is 0.727. The molecule has 0 radical (unpaired) electrons. The van der Waals surface area contributed by atoms with Crippen molar-refractivity contribution in [3.05, 3.63) is 29.3 Å². The van der Waals surface area contributed by atoms with Crippen LogP contribution >= 0.6 is 0 Å². The lowest BCUT2D eigenvalue weighted by atomic mass is 9.53. The third-order valence-electron chi connectivity index (χ3n) is 8.11. The summed E-state index contributed by atoms with van der Waals surface area (Å²) in [5, 5.41) is 9.80. The largest absolute Gasteiger partial charge is 0.508 e. The van der Waals surface area contributed by atoms with E-state index in [0.29, 0.717) is 11.2 Å². The number of rotatable bonds is 2. The zero-order valence-electron chi connectivity index (χ0n) is 15.0. The van der Waals surface area contributed by atoms with Crippen LogP contribution in [0.15, 0.2) is 18.2 Å². The molecule has 0 spiro atoms. The molecule has 1 aromatic carbocycles. The van der Waals surface area contributed by atoms with Gasteiger partial charge in [0.2, 0.25) is 0 Å². The molecule has 1 nitrogen and oxygen atoms in total. The summed E-state index contributed by atoms with van der Waals surface area (Å²) in [7, 11) is 0. The summed E-state index contributed by atoms with van der Waals surface area (Å²) in [5.41, 5.74) is 3.57. The second-order valence-corrected chi connectivity index (χ2v) is 8.91. The molecule has 3 aliphatic carbocycles. The van der Waals surface area contributed by atoms with Gasteiger partial charge < -0.3 is 5.11 Å². The van der Waals surface area contributed by atoms with E-state index in [0.717, 1.165) is 29.6 Å². The van der Waals surface area contributed by atoms with Crippen LogP contribution in [0.3, 0.4) is 0 Å². The molecule has 2 fully saturated rings. The van der Waals surface area contributed by atoms with E-state index < -0.39 is 0 Å². The lowest BCUT2D eigenvalue weighted by molar-refractivity contribution is 0.0109. The van der Waals surface area contributed by atoms with E-state index in [1.54, 1.807) is 5.56 Å². The molecule has 1 heteroatoms. The van der Waals surface area contributed by atoms with Crippen molar-refractivity contribution in [3.8, 4) is 5.75 Å². The fourth-order valence-electron chi connectivity index (χ4n) is 6.83. The number of phenols is 1. The maximum atomic E-state index is 9.80. The van der Waals surface area contributed by atoms with Gasteiger partial charge in [-0.2, -0.15) is 0 Å². The van der Waals surface area contributed by atoms with Gasteiger partial charge in [-0.3, -0.25) is 0 Å². The van der Waals surface area contributed by atoms with Crippen LogP contribution < -0.4 is 0 Å². The predicted molar refractivity (Wildman–Crippen MR) is 95.7 cm³/mol. The normalized spacial score (nSPS) is 40.1. The predicted octanol–water partition coefficient (Wildman–Crippen LogP) is 5.91. The van der Waals surface area contributed by atoms with Crippen LogP contribution in [0.2, 0.25) is 0 Å². The standard InChI is InChI=1S/C22H32O/c1-4-14(2)20-9-10-21-19-7-5-15-13-16(23)6-8-17(15)18(19)11-12-22(20,21)3/h6,8,13-14,18-21,23H,4-5,7,9-12H2,1-3H3/t14?,18-,19-,20-,21+,22-/m1/s1. The van der Waals surface area contributed by atoms with Crippen molar-refractivity contribution in [3.63, 3.8) is 0 Å². The zero-order chi connectivity index (χ0) is 16.2. The summed E-state index contributed by atoms with van der Waals surface area (Å²) in [5.74, 6) is 4.85. The van der Waals surface area contributed by atoms with Crippen molar-refractivity contribution in [1.29, 1.82) is 0 Å². The molecule has 1 unspecified atom stereocenters. The molecule has 0 aliphatic heterocycles. The molecule has 23 heavy (non-hydrogen) atoms. The van der Waals surface area contributed by atoms with E-state index in [1.165, 1.54) is 50.5 Å². The molecule has 4 rings (SSSR count). The van der Waals surface area contributed by atoms with Crippen LogP contribution in [-0.2, 0) is 6.42 Å². The first kappa shape index (κ1) is 15.5. The Morgan fingerprint density at radius 2 is 2.04 bits per heavy atom. The molecule has 1 aromatic rings. The van der Waals surface area contributed by atoms with Gasteiger partial charge in [0.05, 0.1) is 0 Å². The van der Waals surface area contributed by atoms with Crippen molar-refractivity contribution in [2.75, 3.05) is 0 Å². The van der Waals surface area contributed by atoms with Gasteiger partial charge in [-0.15, -0.1) is 0 Å². The number of aryl methyl sites for hydroxylation is 1. The third-order valence-corrected chi connectivity index (χ3v) is 8.11. The van der Waals surface area contributed by atoms with Crippen molar-refractivity contribution in [2.24, 2.45) is 29.1 Å². The van der Waals surface area contributed by atoms with Crippen LogP contribution in [0.5, 0.6) is 5.75 Å². The Hall–Kier alpha value is -0.980. The van der Waals surface area contributed by atoms with Crippen LogP contribution in [-0.4, -0.2) is 5.11 Å². The Bertz CT molecular complexity index is 592. The highest BCUT2D eigenvalue weighted by Gasteiger charge is 2.55. The minimum atomic E-state index is 0.445. The highest BCUT2D eigenvalue weighted by Crippen LogP contribution is 2.64. The highest BCUT2D eigenvalue weighted by atomic mass is 16.3. The number of benzene rings is 1. The Labute approximate surface area is 141 Å². The molecule has 2 saturated carbocycles. The minimum Gasteiger partial charge on any atom is -0.508 e. The third kappa shape index (κ3) is 2.26. The second-order valence-electron chi connectivity index (χ2n) is 8.91. The SMILES string of the molecule is CCC(C)[C@H]1CC[C@H]2[C@@H]3CCc4cc(O)ccc4[C@H]3CC[C@]12C. The summed E-state index contributed by atoms with van der Waals surface area (Å²) < 4.78 is 0. The summed E-state index contributed by atoms with van der Waals surface area (Å²) >= 11 is 0. The van der Waals surface area contributed by atoms with Gasteiger partial charge in [0.1, 0.15) is 5.75 Å². The van der Waals surface area contributed by atoms with E-state index in [9.17, 15) is 5.11 Å². The van der Waals surface area contributed by atoms with Gasteiger partial charge >= 0.3 is 0 Å². The van der Waals surface area contributed by atoms with Crippen molar-refractivity contribution < 1.29 is 5.11 Å². The first-order chi connectivity index (χ1) is 11.0. The zero-order valence-corrected chi connectivity index (χ0v) is 15.0. The number of phenolic OH excluding ortho intramolecular Hbond substituents is 1. The van der Waals surface area contributed by atoms with Gasteiger partial charge in [-0.25, -0.2) is 0 Å². The molecular formula is C22H32O. The van der Waals surface area contributed by atoms with Crippen LogP contribution in [0.1, 0.15) is 76.3 Å². The first-order valence-electron chi connectivity index (χ1n) is 9.86. The average Bonchev–Trinajstić information content (AvgIpc) is 2.90. The Morgan fingerprint density at radius 3 is 2.83 bits per heavy atom. The molecule has 1 N–H and O–H groups in total. The summed E-state index contributed by atoms with van der Waals surface area (Å²) in [6.07, 6.45) is 9.54. The maximum absolute atomic E-state index is 9.80. The molecule has 126 valence electrons. The molecule has 6 atom stereocenters. The summed E-state index contributed by atoms with van der Waals surface area (Å²) in [6.45, 7) is 7.49. The van der Waals surface area contributed by atoms with Crippen LogP contribution in [0, 0.1) is 29.1 Å². The Balaban J connectivity index is 1.65. The molecule has 0 bridgehead atoms. The summed E-state index contributed by atoms with van der Waals surface area (Å²) in [6, 6.07) is 6.16. The lowest BCUT2D eigenvalue weighted by Gasteiger charge is -2.52. The van der Waals surface area contributed by atoms with Crippen molar-refractivity contribution in [2.45, 2.75) is 71.6 Å². The summed E-state index contributed by atoms with van der Waals surface area (Å²) in [4.78, 5) is 0. The molecule has 0 heterocycles. The Kier molecular flexibility index (Phi) is 3.74. The monoisotopic (exact) mass is 312 g/mol. The molecule has 3 aliphatic rings. The van der Waals surface area contributed by atoms with E-state index in [2.05, 4.69) is 26.8 Å². The van der Waals surface area contributed by atoms with E-state index in [4.69, 9.17) is 0 Å². The van der Waals surface area contributed by atoms with Gasteiger partial charge in [0, 0.05) is 0 Å². The minimum absolute atomic E-state index is 0.445. The molecule has 0 amide bonds. The quantitative estimate of drug-likeness (QED) is 0.719.